The predicted octanol–water partition coefficient (Wildman–Crippen LogP) is 14.6. The summed E-state index contributed by atoms with van der Waals surface area (Å²) in [6, 6.07) is 58.9. The molecule has 0 radical (unpaired) electrons. The molecule has 4 nitrogen and oxygen atoms in total. The standard InChI is InChI=1S/C57H40N4/c1-5-16-37(17-6-1)39-28-30-42(31-29-39)56-58-55(41-22-11-4-12-23-41)59-57(60-56)44-35-49(40-20-9-3-10-21-40)54-51(36-44)46-25-14-13-24-45(46)47-26-15-27-48-50-34-43(38-18-7-2-8-19-38)32-33-52(50)61(54)53(47)48/h2-5,7-12,15-36H,1,6,13-14H2. The van der Waals surface area contributed by atoms with Crippen LogP contribution >= 0.6 is 0 Å². The van der Waals surface area contributed by atoms with E-state index in [9.17, 15) is 0 Å². The third kappa shape index (κ3) is 6.02. The molecular weight excluding hydrogens is 741 g/mol. The highest BCUT2D eigenvalue weighted by Crippen LogP contribution is 2.51. The predicted molar refractivity (Wildman–Crippen MR) is 253 cm³/mol. The van der Waals surface area contributed by atoms with Crippen LogP contribution < -0.4 is 0 Å². The van der Waals surface area contributed by atoms with Gasteiger partial charge in [0.05, 0.1) is 16.7 Å². The smallest absolute Gasteiger partial charge is 0.164 e. The van der Waals surface area contributed by atoms with Gasteiger partial charge in [0.2, 0.25) is 0 Å². The first-order chi connectivity index (χ1) is 30.2. The highest BCUT2D eigenvalue weighted by atomic mass is 15.0. The maximum Gasteiger partial charge on any atom is 0.164 e. The minimum atomic E-state index is 0.643. The number of aromatic nitrogens is 4. The van der Waals surface area contributed by atoms with Gasteiger partial charge in [0.1, 0.15) is 0 Å². The molecule has 0 fully saturated rings. The van der Waals surface area contributed by atoms with Crippen molar-refractivity contribution in [2.24, 2.45) is 0 Å². The average Bonchev–Trinajstić information content (AvgIpc) is 3.61. The monoisotopic (exact) mass is 780 g/mol. The van der Waals surface area contributed by atoms with Gasteiger partial charge in [-0.3, -0.25) is 0 Å². The Balaban J connectivity index is 1.13. The van der Waals surface area contributed by atoms with Crippen LogP contribution in [0.2, 0.25) is 0 Å². The van der Waals surface area contributed by atoms with Gasteiger partial charge in [0, 0.05) is 44.2 Å². The van der Waals surface area contributed by atoms with Crippen LogP contribution in [0.3, 0.4) is 0 Å². The first-order valence-electron chi connectivity index (χ1n) is 21.3. The van der Waals surface area contributed by atoms with E-state index in [1.165, 1.54) is 72.0 Å². The normalized spacial score (nSPS) is 14.2. The molecule has 61 heavy (non-hydrogen) atoms. The molecule has 0 spiro atoms. The van der Waals surface area contributed by atoms with Gasteiger partial charge in [0.25, 0.3) is 0 Å². The van der Waals surface area contributed by atoms with Crippen molar-refractivity contribution in [3.63, 3.8) is 0 Å². The van der Waals surface area contributed by atoms with E-state index in [0.29, 0.717) is 17.5 Å². The minimum Gasteiger partial charge on any atom is -0.307 e. The highest BCUT2D eigenvalue weighted by Gasteiger charge is 2.30. The number of fused-ring (bicyclic) bond motifs is 8. The van der Waals surface area contributed by atoms with E-state index >= 15 is 0 Å². The Morgan fingerprint density at radius 3 is 1.64 bits per heavy atom. The van der Waals surface area contributed by atoms with Crippen LogP contribution in [0.5, 0.6) is 0 Å². The molecule has 9 aromatic rings. The number of hydrogen-bond acceptors (Lipinski definition) is 3. The number of para-hydroxylation sites is 1. The molecule has 0 saturated heterocycles. The Kier molecular flexibility index (Phi) is 8.41. The lowest BCUT2D eigenvalue weighted by atomic mass is 9.84. The molecule has 7 aromatic carbocycles. The summed E-state index contributed by atoms with van der Waals surface area (Å²) in [5.41, 5.74) is 18.6. The zero-order valence-corrected chi connectivity index (χ0v) is 33.6. The van der Waals surface area contributed by atoms with Crippen LogP contribution in [0.15, 0.2) is 194 Å². The number of rotatable bonds is 6. The van der Waals surface area contributed by atoms with Crippen LogP contribution in [0, 0.1) is 0 Å². The molecular formula is C57H40N4. The molecule has 0 atom stereocenters. The van der Waals surface area contributed by atoms with E-state index in [1.54, 1.807) is 0 Å². The van der Waals surface area contributed by atoms with E-state index in [-0.39, 0.29) is 0 Å². The van der Waals surface area contributed by atoms with Crippen molar-refractivity contribution in [3.05, 3.63) is 211 Å². The second-order valence-corrected chi connectivity index (χ2v) is 16.1. The molecule has 1 aliphatic heterocycles. The fourth-order valence-electron chi connectivity index (χ4n) is 9.55. The molecule has 0 N–H and O–H groups in total. The molecule has 0 unspecified atom stereocenters. The Morgan fingerprint density at radius 2 is 0.951 bits per heavy atom. The Morgan fingerprint density at radius 1 is 0.377 bits per heavy atom. The molecule has 3 heterocycles. The summed E-state index contributed by atoms with van der Waals surface area (Å²) in [5.74, 6) is 1.94. The number of allylic oxidation sites excluding steroid dienone is 8. The highest BCUT2D eigenvalue weighted by molar-refractivity contribution is 6.21. The van der Waals surface area contributed by atoms with Crippen LogP contribution in [-0.2, 0) is 0 Å². The molecule has 4 heteroatoms. The van der Waals surface area contributed by atoms with Crippen molar-refractivity contribution in [1.82, 2.24) is 19.5 Å². The van der Waals surface area contributed by atoms with Gasteiger partial charge in [-0.2, -0.15) is 0 Å². The molecule has 0 amide bonds. The third-order valence-electron chi connectivity index (χ3n) is 12.4. The fraction of sp³-hybridized carbons (Fsp3) is 0.0702. The molecule has 3 aliphatic rings. The van der Waals surface area contributed by atoms with Crippen LogP contribution in [0.4, 0.5) is 0 Å². The zero-order chi connectivity index (χ0) is 40.3. The summed E-state index contributed by atoms with van der Waals surface area (Å²) in [5, 5.41) is 2.50. The number of nitrogens with zero attached hydrogens (tertiary/aromatic N) is 4. The maximum atomic E-state index is 5.32. The van der Waals surface area contributed by atoms with Crippen molar-refractivity contribution in [2.45, 2.75) is 25.7 Å². The van der Waals surface area contributed by atoms with Gasteiger partial charge in [-0.25, -0.2) is 15.0 Å². The average molecular weight is 781 g/mol. The summed E-state index contributed by atoms with van der Waals surface area (Å²) < 4.78 is 2.54. The van der Waals surface area contributed by atoms with Crippen LogP contribution in [0.25, 0.3) is 101 Å². The topological polar surface area (TPSA) is 43.6 Å². The van der Waals surface area contributed by atoms with Gasteiger partial charge in [-0.15, -0.1) is 0 Å². The lowest BCUT2D eigenvalue weighted by Gasteiger charge is -2.21. The van der Waals surface area contributed by atoms with Crippen molar-refractivity contribution in [1.29, 1.82) is 0 Å². The Bertz CT molecular complexity index is 3310. The molecule has 0 bridgehead atoms. The minimum absolute atomic E-state index is 0.643. The van der Waals surface area contributed by atoms with E-state index < -0.39 is 0 Å². The third-order valence-corrected chi connectivity index (χ3v) is 12.4. The van der Waals surface area contributed by atoms with Crippen LogP contribution in [-0.4, -0.2) is 19.5 Å². The quantitative estimate of drug-likeness (QED) is 0.169. The largest absolute Gasteiger partial charge is 0.307 e. The molecule has 2 aliphatic carbocycles. The van der Waals surface area contributed by atoms with Gasteiger partial charge in [-0.1, -0.05) is 170 Å². The SMILES string of the molecule is C1=CC(c2ccc(-c3nc(-c4ccccc4)nc(-c4cc5c(c(-c6ccccc6)c4)-n4c6ccc(-c7ccccc7)cc6c6cccc(c64)C4=CCCC=C45)n3)cc2)=CCC1. The van der Waals surface area contributed by atoms with Crippen LogP contribution in [0.1, 0.15) is 42.4 Å². The van der Waals surface area contributed by atoms with E-state index in [0.717, 1.165) is 53.5 Å². The van der Waals surface area contributed by atoms with Crippen molar-refractivity contribution < 1.29 is 0 Å². The van der Waals surface area contributed by atoms with E-state index in [2.05, 4.69) is 181 Å². The first kappa shape index (κ1) is 35.3. The van der Waals surface area contributed by atoms with Gasteiger partial charge in [0.15, 0.2) is 17.5 Å². The zero-order valence-electron chi connectivity index (χ0n) is 33.6. The summed E-state index contributed by atoms with van der Waals surface area (Å²) in [6.07, 6.45) is 15.8. The summed E-state index contributed by atoms with van der Waals surface area (Å²) in [6.45, 7) is 0. The maximum absolute atomic E-state index is 5.32. The summed E-state index contributed by atoms with van der Waals surface area (Å²) >= 11 is 0. The molecule has 12 rings (SSSR count). The number of benzene rings is 7. The van der Waals surface area contributed by atoms with Crippen molar-refractivity contribution in [2.75, 3.05) is 0 Å². The Hall–Kier alpha value is -7.69. The first-order valence-corrected chi connectivity index (χ1v) is 21.3. The number of hydrogen-bond donors (Lipinski definition) is 0. The van der Waals surface area contributed by atoms with Gasteiger partial charge >= 0.3 is 0 Å². The Labute approximate surface area is 355 Å². The van der Waals surface area contributed by atoms with E-state index in [1.807, 2.05) is 18.2 Å². The lowest BCUT2D eigenvalue weighted by molar-refractivity contribution is 1.04. The van der Waals surface area contributed by atoms with Crippen molar-refractivity contribution in [3.8, 4) is 62.1 Å². The second kappa shape index (κ2) is 14.5. The van der Waals surface area contributed by atoms with Crippen molar-refractivity contribution >= 4 is 38.5 Å². The van der Waals surface area contributed by atoms with Gasteiger partial charge < -0.3 is 4.57 Å². The summed E-state index contributed by atoms with van der Waals surface area (Å²) in [7, 11) is 0. The lowest BCUT2D eigenvalue weighted by Crippen LogP contribution is -2.04. The second-order valence-electron chi connectivity index (χ2n) is 16.1. The summed E-state index contributed by atoms with van der Waals surface area (Å²) in [4.78, 5) is 15.7. The fourth-order valence-corrected chi connectivity index (χ4v) is 9.55. The molecule has 288 valence electrons. The molecule has 2 aromatic heterocycles. The van der Waals surface area contributed by atoms with Gasteiger partial charge in [-0.05, 0) is 88.9 Å². The van der Waals surface area contributed by atoms with E-state index in [4.69, 9.17) is 15.0 Å². The molecule has 0 saturated carbocycles.